The van der Waals surface area contributed by atoms with Crippen LogP contribution in [-0.4, -0.2) is 18.2 Å². The minimum Gasteiger partial charge on any atom is -0.494 e. The van der Waals surface area contributed by atoms with E-state index in [4.69, 9.17) is 4.74 Å². The Labute approximate surface area is 136 Å². The summed E-state index contributed by atoms with van der Waals surface area (Å²) in [4.78, 5) is 12.1. The second-order valence-electron chi connectivity index (χ2n) is 5.52. The Morgan fingerprint density at radius 2 is 1.83 bits per heavy atom. The maximum atomic E-state index is 12.1. The molecule has 118 valence electrons. The van der Waals surface area contributed by atoms with E-state index in [1.807, 2.05) is 13.0 Å². The zero-order chi connectivity index (χ0) is 16.1. The van der Waals surface area contributed by atoms with Gasteiger partial charge in [-0.25, -0.2) is 5.43 Å². The van der Waals surface area contributed by atoms with Crippen LogP contribution in [0.25, 0.3) is 0 Å². The number of nitrogens with one attached hydrogen (secondary N) is 1. The van der Waals surface area contributed by atoms with E-state index in [1.54, 1.807) is 24.3 Å². The maximum Gasteiger partial charge on any atom is 0.271 e. The number of amides is 1. The standard InChI is InChI=1S/C19H20N2O2/c1-2-23-18-11-8-15(9-12-18)19(22)21-20-17-10-7-14-5-3-4-6-16(14)13-17/h3-6,8-9,11-12H,2,7,10,13H2,1H3,(H,21,22)/b20-17-. The topological polar surface area (TPSA) is 50.7 Å². The highest BCUT2D eigenvalue weighted by molar-refractivity contribution is 5.96. The van der Waals surface area contributed by atoms with Gasteiger partial charge in [0.15, 0.2) is 0 Å². The van der Waals surface area contributed by atoms with Crippen LogP contribution >= 0.6 is 0 Å². The van der Waals surface area contributed by atoms with Crippen molar-refractivity contribution in [2.45, 2.75) is 26.2 Å². The van der Waals surface area contributed by atoms with Gasteiger partial charge >= 0.3 is 0 Å². The summed E-state index contributed by atoms with van der Waals surface area (Å²) in [5.74, 6) is 0.568. The van der Waals surface area contributed by atoms with E-state index >= 15 is 0 Å². The van der Waals surface area contributed by atoms with Gasteiger partial charge in [-0.3, -0.25) is 4.79 Å². The molecule has 0 aliphatic heterocycles. The predicted molar refractivity (Wildman–Crippen MR) is 91.0 cm³/mol. The SMILES string of the molecule is CCOc1ccc(C(=O)N/N=C2/CCc3ccccc3C2)cc1. The lowest BCUT2D eigenvalue weighted by Crippen LogP contribution is -2.22. The number of fused-ring (bicyclic) bond motifs is 1. The molecule has 4 heteroatoms. The third-order valence-electron chi connectivity index (χ3n) is 3.94. The van der Waals surface area contributed by atoms with E-state index in [9.17, 15) is 4.79 Å². The molecule has 0 saturated carbocycles. The molecule has 0 fully saturated rings. The molecular weight excluding hydrogens is 288 g/mol. The molecule has 4 nitrogen and oxygen atoms in total. The average molecular weight is 308 g/mol. The summed E-state index contributed by atoms with van der Waals surface area (Å²) < 4.78 is 5.37. The summed E-state index contributed by atoms with van der Waals surface area (Å²) in [5.41, 5.74) is 6.93. The van der Waals surface area contributed by atoms with Crippen LogP contribution < -0.4 is 10.2 Å². The summed E-state index contributed by atoms with van der Waals surface area (Å²) in [6.07, 6.45) is 2.67. The average Bonchev–Trinajstić information content (AvgIpc) is 2.60. The van der Waals surface area contributed by atoms with Gasteiger partial charge in [0.2, 0.25) is 0 Å². The first-order valence-electron chi connectivity index (χ1n) is 7.91. The molecule has 0 spiro atoms. The van der Waals surface area contributed by atoms with Gasteiger partial charge in [0.05, 0.1) is 6.61 Å². The number of hydrazone groups is 1. The smallest absolute Gasteiger partial charge is 0.271 e. The van der Waals surface area contributed by atoms with Gasteiger partial charge in [-0.05, 0) is 55.2 Å². The van der Waals surface area contributed by atoms with Crippen molar-refractivity contribution in [2.24, 2.45) is 5.10 Å². The van der Waals surface area contributed by atoms with Gasteiger partial charge in [0.25, 0.3) is 5.91 Å². The highest BCUT2D eigenvalue weighted by atomic mass is 16.5. The van der Waals surface area contributed by atoms with Crippen molar-refractivity contribution in [3.63, 3.8) is 0 Å². The number of carbonyl (C=O) groups is 1. The molecule has 1 N–H and O–H groups in total. The molecule has 0 aromatic heterocycles. The van der Waals surface area contributed by atoms with Crippen molar-refractivity contribution < 1.29 is 9.53 Å². The Hall–Kier alpha value is -2.62. The van der Waals surface area contributed by atoms with Gasteiger partial charge in [0, 0.05) is 17.7 Å². The van der Waals surface area contributed by atoms with Gasteiger partial charge in [-0.2, -0.15) is 5.10 Å². The third kappa shape index (κ3) is 3.77. The number of benzene rings is 2. The summed E-state index contributed by atoms with van der Waals surface area (Å²) in [6, 6.07) is 15.5. The van der Waals surface area contributed by atoms with Crippen molar-refractivity contribution in [1.29, 1.82) is 0 Å². The van der Waals surface area contributed by atoms with E-state index in [1.165, 1.54) is 11.1 Å². The van der Waals surface area contributed by atoms with Crippen molar-refractivity contribution in [3.05, 3.63) is 65.2 Å². The molecule has 1 aliphatic rings. The van der Waals surface area contributed by atoms with Crippen LogP contribution in [0, 0.1) is 0 Å². The minimum absolute atomic E-state index is 0.195. The Balaban J connectivity index is 1.62. The van der Waals surface area contributed by atoms with Crippen LogP contribution in [0.4, 0.5) is 0 Å². The first-order chi connectivity index (χ1) is 11.3. The van der Waals surface area contributed by atoms with Crippen LogP contribution in [0.2, 0.25) is 0 Å². The van der Waals surface area contributed by atoms with E-state index in [-0.39, 0.29) is 5.91 Å². The van der Waals surface area contributed by atoms with Crippen molar-refractivity contribution in [1.82, 2.24) is 5.43 Å². The number of aryl methyl sites for hydroxylation is 1. The number of nitrogens with zero attached hydrogens (tertiary/aromatic N) is 1. The largest absolute Gasteiger partial charge is 0.494 e. The van der Waals surface area contributed by atoms with Crippen molar-refractivity contribution in [2.75, 3.05) is 6.61 Å². The Bertz CT molecular complexity index is 720. The zero-order valence-corrected chi connectivity index (χ0v) is 13.2. The summed E-state index contributed by atoms with van der Waals surface area (Å²) >= 11 is 0. The second kappa shape index (κ2) is 7.09. The fourth-order valence-electron chi connectivity index (χ4n) is 2.72. The quantitative estimate of drug-likeness (QED) is 0.881. The number of rotatable bonds is 4. The number of hydrogen-bond acceptors (Lipinski definition) is 3. The maximum absolute atomic E-state index is 12.1. The van der Waals surface area contributed by atoms with Crippen LogP contribution in [-0.2, 0) is 12.8 Å². The van der Waals surface area contributed by atoms with Crippen molar-refractivity contribution >= 4 is 11.6 Å². The Morgan fingerprint density at radius 3 is 2.57 bits per heavy atom. The number of carbonyl (C=O) groups excluding carboxylic acids is 1. The van der Waals surface area contributed by atoms with Gasteiger partial charge in [0.1, 0.15) is 5.75 Å². The molecule has 0 radical (unpaired) electrons. The van der Waals surface area contributed by atoms with Crippen LogP contribution in [0.5, 0.6) is 5.75 Å². The van der Waals surface area contributed by atoms with Crippen LogP contribution in [0.3, 0.4) is 0 Å². The minimum atomic E-state index is -0.195. The number of hydrogen-bond donors (Lipinski definition) is 1. The monoisotopic (exact) mass is 308 g/mol. The summed E-state index contributed by atoms with van der Waals surface area (Å²) in [5, 5.41) is 4.30. The molecule has 23 heavy (non-hydrogen) atoms. The fraction of sp³-hybridized carbons (Fsp3) is 0.263. The Kier molecular flexibility index (Phi) is 4.71. The van der Waals surface area contributed by atoms with E-state index in [2.05, 4.69) is 28.7 Å². The first-order valence-corrected chi connectivity index (χ1v) is 7.91. The van der Waals surface area contributed by atoms with Gasteiger partial charge in [-0.1, -0.05) is 24.3 Å². The lowest BCUT2D eigenvalue weighted by molar-refractivity contribution is 0.0954. The molecule has 2 aromatic carbocycles. The molecular formula is C19H20N2O2. The highest BCUT2D eigenvalue weighted by Crippen LogP contribution is 2.19. The third-order valence-corrected chi connectivity index (χ3v) is 3.94. The molecule has 0 atom stereocenters. The molecule has 2 aromatic rings. The Morgan fingerprint density at radius 1 is 1.09 bits per heavy atom. The molecule has 3 rings (SSSR count). The summed E-state index contributed by atoms with van der Waals surface area (Å²) in [7, 11) is 0. The molecule has 0 bridgehead atoms. The van der Waals surface area contributed by atoms with Crippen molar-refractivity contribution in [3.8, 4) is 5.75 Å². The molecule has 1 amide bonds. The first kappa shape index (κ1) is 15.3. The second-order valence-corrected chi connectivity index (χ2v) is 5.52. The van der Waals surface area contributed by atoms with E-state index < -0.39 is 0 Å². The molecule has 0 heterocycles. The normalized spacial score (nSPS) is 15.1. The van der Waals surface area contributed by atoms with E-state index in [0.717, 1.165) is 30.7 Å². The lowest BCUT2D eigenvalue weighted by Gasteiger charge is -2.17. The van der Waals surface area contributed by atoms with Gasteiger partial charge in [-0.15, -0.1) is 0 Å². The van der Waals surface area contributed by atoms with E-state index in [0.29, 0.717) is 12.2 Å². The zero-order valence-electron chi connectivity index (χ0n) is 13.2. The lowest BCUT2D eigenvalue weighted by atomic mass is 9.90. The molecule has 1 aliphatic carbocycles. The van der Waals surface area contributed by atoms with Gasteiger partial charge < -0.3 is 4.74 Å². The summed E-state index contributed by atoms with van der Waals surface area (Å²) in [6.45, 7) is 2.54. The highest BCUT2D eigenvalue weighted by Gasteiger charge is 2.14. The predicted octanol–water partition coefficient (Wildman–Crippen LogP) is 3.36. The number of ether oxygens (including phenoxy) is 1. The van der Waals surface area contributed by atoms with Crippen LogP contribution in [0.1, 0.15) is 34.8 Å². The molecule has 0 unspecified atom stereocenters. The molecule has 0 saturated heterocycles. The fourth-order valence-corrected chi connectivity index (χ4v) is 2.72. The van der Waals surface area contributed by atoms with Crippen LogP contribution in [0.15, 0.2) is 53.6 Å².